The molecule has 0 aliphatic carbocycles. The zero-order valence-electron chi connectivity index (χ0n) is 10.7. The van der Waals surface area contributed by atoms with Gasteiger partial charge >= 0.3 is 0 Å². The molecular weight excluding hydrogens is 228 g/mol. The summed E-state index contributed by atoms with van der Waals surface area (Å²) in [5.74, 6) is 0.580. The van der Waals surface area contributed by atoms with E-state index in [-0.39, 0.29) is 18.5 Å². The average molecular weight is 248 g/mol. The van der Waals surface area contributed by atoms with Crippen molar-refractivity contribution in [1.29, 1.82) is 0 Å². The van der Waals surface area contributed by atoms with Gasteiger partial charge in [-0.05, 0) is 24.8 Å². The maximum absolute atomic E-state index is 6.09. The molecule has 2 aliphatic heterocycles. The van der Waals surface area contributed by atoms with E-state index in [9.17, 15) is 0 Å². The molecule has 0 saturated carbocycles. The molecule has 0 spiro atoms. The highest BCUT2D eigenvalue weighted by atomic mass is 16.7. The van der Waals surface area contributed by atoms with Crippen LogP contribution in [0.25, 0.3) is 0 Å². The molecule has 2 saturated heterocycles. The van der Waals surface area contributed by atoms with Gasteiger partial charge in [-0.3, -0.25) is 0 Å². The predicted molar refractivity (Wildman–Crippen MR) is 68.0 cm³/mol. The molecule has 1 aromatic rings. The number of hydrogen-bond donors (Lipinski definition) is 0. The molecule has 18 heavy (non-hydrogen) atoms. The first-order valence-electron chi connectivity index (χ1n) is 6.75. The van der Waals surface area contributed by atoms with Crippen LogP contribution in [0.4, 0.5) is 0 Å². The highest BCUT2D eigenvalue weighted by Crippen LogP contribution is 2.34. The van der Waals surface area contributed by atoms with Crippen molar-refractivity contribution >= 4 is 0 Å². The molecule has 0 radical (unpaired) electrons. The maximum Gasteiger partial charge on any atom is 0.158 e. The Morgan fingerprint density at radius 3 is 2.94 bits per heavy atom. The fourth-order valence-corrected chi connectivity index (χ4v) is 2.92. The van der Waals surface area contributed by atoms with Crippen molar-refractivity contribution in [1.82, 2.24) is 0 Å². The summed E-state index contributed by atoms with van der Waals surface area (Å²) in [6.45, 7) is 3.55. The molecule has 3 nitrogen and oxygen atoms in total. The lowest BCUT2D eigenvalue weighted by atomic mass is 9.88. The van der Waals surface area contributed by atoms with Crippen molar-refractivity contribution in [2.75, 3.05) is 6.61 Å². The van der Waals surface area contributed by atoms with Crippen LogP contribution in [-0.2, 0) is 20.8 Å². The van der Waals surface area contributed by atoms with Crippen LogP contribution in [0.5, 0.6) is 0 Å². The van der Waals surface area contributed by atoms with E-state index in [1.54, 1.807) is 0 Å². The Balaban J connectivity index is 1.61. The minimum Gasteiger partial charge on any atom is -0.371 e. The summed E-state index contributed by atoms with van der Waals surface area (Å²) in [7, 11) is 0. The summed E-state index contributed by atoms with van der Waals surface area (Å²) in [5.41, 5.74) is 1.22. The van der Waals surface area contributed by atoms with Crippen LogP contribution < -0.4 is 0 Å². The molecule has 2 aliphatic rings. The number of benzene rings is 1. The van der Waals surface area contributed by atoms with Gasteiger partial charge in [-0.25, -0.2) is 0 Å². The van der Waals surface area contributed by atoms with Gasteiger partial charge in [-0.2, -0.15) is 0 Å². The van der Waals surface area contributed by atoms with Crippen LogP contribution in [0.3, 0.4) is 0 Å². The van der Waals surface area contributed by atoms with Crippen LogP contribution in [0.15, 0.2) is 30.3 Å². The summed E-state index contributed by atoms with van der Waals surface area (Å²) in [6, 6.07) is 10.3. The number of fused-ring (bicyclic) bond motifs is 2. The second-order valence-corrected chi connectivity index (χ2v) is 5.19. The second-order valence-electron chi connectivity index (χ2n) is 5.19. The lowest BCUT2D eigenvalue weighted by molar-refractivity contribution is -0.269. The first kappa shape index (κ1) is 12.2. The van der Waals surface area contributed by atoms with Gasteiger partial charge in [0, 0.05) is 6.42 Å². The number of rotatable bonds is 3. The molecule has 2 bridgehead atoms. The predicted octanol–water partition coefficient (Wildman–Crippen LogP) is 2.74. The molecule has 1 aromatic carbocycles. The minimum absolute atomic E-state index is 0.00433. The van der Waals surface area contributed by atoms with E-state index in [0.29, 0.717) is 12.5 Å². The molecule has 0 unspecified atom stereocenters. The number of hydrogen-bond acceptors (Lipinski definition) is 3. The van der Waals surface area contributed by atoms with Crippen molar-refractivity contribution in [2.45, 2.75) is 44.9 Å². The Bertz CT molecular complexity index is 377. The van der Waals surface area contributed by atoms with Crippen molar-refractivity contribution < 1.29 is 14.2 Å². The van der Waals surface area contributed by atoms with Crippen LogP contribution >= 0.6 is 0 Å². The number of ether oxygens (including phenoxy) is 3. The van der Waals surface area contributed by atoms with Crippen LogP contribution in [0.2, 0.25) is 0 Å². The zero-order chi connectivity index (χ0) is 12.4. The van der Waals surface area contributed by atoms with Gasteiger partial charge < -0.3 is 14.2 Å². The van der Waals surface area contributed by atoms with Crippen molar-refractivity contribution in [3.8, 4) is 0 Å². The molecule has 0 N–H and O–H groups in total. The van der Waals surface area contributed by atoms with Crippen LogP contribution in [-0.4, -0.2) is 25.1 Å². The molecule has 0 amide bonds. The zero-order valence-corrected chi connectivity index (χ0v) is 10.7. The van der Waals surface area contributed by atoms with Crippen LogP contribution in [0, 0.1) is 5.92 Å². The van der Waals surface area contributed by atoms with Gasteiger partial charge in [0.1, 0.15) is 0 Å². The monoisotopic (exact) mass is 248 g/mol. The first-order valence-corrected chi connectivity index (χ1v) is 6.75. The highest BCUT2D eigenvalue weighted by Gasteiger charge is 2.39. The summed E-state index contributed by atoms with van der Waals surface area (Å²) < 4.78 is 17.4. The second kappa shape index (κ2) is 5.39. The molecule has 2 heterocycles. The summed E-state index contributed by atoms with van der Waals surface area (Å²) in [4.78, 5) is 0. The van der Waals surface area contributed by atoms with Gasteiger partial charge in [-0.15, -0.1) is 0 Å². The van der Waals surface area contributed by atoms with Gasteiger partial charge in [0.05, 0.1) is 25.4 Å². The third-order valence-electron chi connectivity index (χ3n) is 3.87. The summed E-state index contributed by atoms with van der Waals surface area (Å²) in [5, 5.41) is 0. The maximum atomic E-state index is 6.09. The first-order chi connectivity index (χ1) is 8.83. The van der Waals surface area contributed by atoms with E-state index in [1.807, 2.05) is 18.2 Å². The Hall–Kier alpha value is -0.900. The van der Waals surface area contributed by atoms with E-state index in [1.165, 1.54) is 5.56 Å². The van der Waals surface area contributed by atoms with Crippen molar-refractivity contribution in [2.24, 2.45) is 5.92 Å². The summed E-state index contributed by atoms with van der Waals surface area (Å²) >= 11 is 0. The standard InChI is InChI=1S/C15H20O3/c1-11-15(13-7-8-16-14(9-13)18-11)17-10-12-5-3-2-4-6-12/h2-6,11,13-15H,7-10H2,1H3/t11-,13-,14-,15-/m0/s1. The van der Waals surface area contributed by atoms with Crippen molar-refractivity contribution in [3.63, 3.8) is 0 Å². The third-order valence-corrected chi connectivity index (χ3v) is 3.87. The quantitative estimate of drug-likeness (QED) is 0.823. The van der Waals surface area contributed by atoms with E-state index < -0.39 is 0 Å². The van der Waals surface area contributed by atoms with Crippen molar-refractivity contribution in [3.05, 3.63) is 35.9 Å². The summed E-state index contributed by atoms with van der Waals surface area (Å²) in [6.07, 6.45) is 2.38. The fraction of sp³-hybridized carbons (Fsp3) is 0.600. The molecule has 98 valence electrons. The molecular formula is C15H20O3. The normalized spacial score (nSPS) is 35.4. The van der Waals surface area contributed by atoms with Gasteiger partial charge in [0.2, 0.25) is 0 Å². The fourth-order valence-electron chi connectivity index (χ4n) is 2.92. The Morgan fingerprint density at radius 1 is 1.28 bits per heavy atom. The molecule has 4 atom stereocenters. The Labute approximate surface area is 108 Å². The highest BCUT2D eigenvalue weighted by molar-refractivity contribution is 5.13. The topological polar surface area (TPSA) is 27.7 Å². The van der Waals surface area contributed by atoms with Gasteiger partial charge in [-0.1, -0.05) is 30.3 Å². The molecule has 0 aromatic heterocycles. The molecule has 3 rings (SSSR count). The lowest BCUT2D eigenvalue weighted by Gasteiger charge is -2.43. The smallest absolute Gasteiger partial charge is 0.158 e. The van der Waals surface area contributed by atoms with Gasteiger partial charge in [0.25, 0.3) is 0 Å². The van der Waals surface area contributed by atoms with E-state index in [4.69, 9.17) is 14.2 Å². The average Bonchev–Trinajstić information content (AvgIpc) is 2.39. The molecule has 3 heteroatoms. The van der Waals surface area contributed by atoms with Crippen LogP contribution in [0.1, 0.15) is 25.3 Å². The lowest BCUT2D eigenvalue weighted by Crippen LogP contribution is -2.49. The largest absolute Gasteiger partial charge is 0.371 e. The van der Waals surface area contributed by atoms with Gasteiger partial charge in [0.15, 0.2) is 6.29 Å². The van der Waals surface area contributed by atoms with E-state index >= 15 is 0 Å². The Morgan fingerprint density at radius 2 is 2.11 bits per heavy atom. The Kier molecular flexibility index (Phi) is 3.64. The SMILES string of the molecule is C[C@@H]1O[C@H]2C[C@H](CCO2)[C@H]1OCc1ccccc1. The molecule has 2 fully saturated rings. The van der Waals surface area contributed by atoms with E-state index in [0.717, 1.165) is 19.4 Å². The minimum atomic E-state index is -0.00433. The van der Waals surface area contributed by atoms with E-state index in [2.05, 4.69) is 19.1 Å². The third kappa shape index (κ3) is 2.58.